The van der Waals surface area contributed by atoms with Gasteiger partial charge < -0.3 is 0 Å². The summed E-state index contributed by atoms with van der Waals surface area (Å²) in [4.78, 5) is 0. The zero-order valence-corrected chi connectivity index (χ0v) is 11.9. The summed E-state index contributed by atoms with van der Waals surface area (Å²) < 4.78 is 0. The first-order valence-electron chi connectivity index (χ1n) is 3.41. The molecule has 0 spiro atoms. The average molecular weight is 357 g/mol. The number of halogens is 3. The zero-order valence-electron chi connectivity index (χ0n) is 6.76. The summed E-state index contributed by atoms with van der Waals surface area (Å²) in [5.41, 5.74) is 0. The molecule has 11 heavy (non-hydrogen) atoms. The lowest BCUT2D eigenvalue weighted by atomic mass is 10.2. The van der Waals surface area contributed by atoms with E-state index in [9.17, 15) is 0 Å². The van der Waals surface area contributed by atoms with Crippen molar-refractivity contribution in [1.82, 2.24) is 0 Å². The van der Waals surface area contributed by atoms with E-state index in [1.807, 2.05) is 0 Å². The average Bonchev–Trinajstić information content (AvgIpc) is 1.69. The predicted molar refractivity (Wildman–Crippen MR) is 75.3 cm³/mol. The van der Waals surface area contributed by atoms with E-state index in [4.69, 9.17) is 0 Å². The van der Waals surface area contributed by atoms with Crippen LogP contribution in [0.1, 0.15) is 46.0 Å². The maximum absolute atomic E-state index is 2.25. The van der Waals surface area contributed by atoms with Gasteiger partial charge in [-0.1, -0.05) is 46.0 Å². The van der Waals surface area contributed by atoms with Crippen LogP contribution in [0.2, 0.25) is 0 Å². The third-order valence-electron chi connectivity index (χ3n) is 1.21. The molecule has 0 aliphatic heterocycles. The molecule has 0 N–H and O–H groups in total. The summed E-state index contributed by atoms with van der Waals surface area (Å²) in [7, 11) is 0. The Morgan fingerprint density at radius 3 is 1.09 bits per heavy atom. The summed E-state index contributed by atoms with van der Waals surface area (Å²) in [6.45, 7) is 4.49. The van der Waals surface area contributed by atoms with E-state index in [0.29, 0.717) is 0 Å². The summed E-state index contributed by atoms with van der Waals surface area (Å²) >= 11 is 0. The van der Waals surface area contributed by atoms with Crippen molar-refractivity contribution in [3.8, 4) is 0 Å². The van der Waals surface area contributed by atoms with Gasteiger partial charge in [0.1, 0.15) is 0 Å². The number of hydrogen-bond donors (Lipinski definition) is 0. The predicted octanol–water partition coefficient (Wildman–Crippen LogP) is 3.53. The minimum Gasteiger partial charge on any atom is -0.114 e. The summed E-state index contributed by atoms with van der Waals surface area (Å²) in [6, 6.07) is 0. The molecule has 0 bridgehead atoms. The van der Waals surface area contributed by atoms with Crippen molar-refractivity contribution in [2.75, 3.05) is 0 Å². The second-order valence-corrected chi connectivity index (χ2v) is 2.06. The highest BCUT2D eigenvalue weighted by Gasteiger charge is 1.80. The third-order valence-corrected chi connectivity index (χ3v) is 1.21. The zero-order chi connectivity index (χ0) is 5.54. The quantitative estimate of drug-likeness (QED) is 0.534. The maximum atomic E-state index is 2.25. The lowest BCUT2D eigenvalue weighted by Crippen LogP contribution is -1.70. The van der Waals surface area contributed by atoms with Crippen molar-refractivity contribution in [3.05, 3.63) is 0 Å². The van der Waals surface area contributed by atoms with Gasteiger partial charge in [0.15, 0.2) is 0 Å². The van der Waals surface area contributed by atoms with Crippen LogP contribution in [0, 0.1) is 0 Å². The van der Waals surface area contributed by atoms with Crippen LogP contribution in [-0.4, -0.2) is 8.41 Å². The number of hydrogen-bond acceptors (Lipinski definition) is 0. The topological polar surface area (TPSA) is 0 Å². The van der Waals surface area contributed by atoms with Gasteiger partial charge in [0.25, 0.3) is 0 Å². The highest BCUT2D eigenvalue weighted by Crippen LogP contribution is 2.00. The molecule has 0 amide bonds. The molecule has 0 aromatic heterocycles. The maximum Gasteiger partial charge on any atom is 0.0814 e. The van der Waals surface area contributed by atoms with Crippen molar-refractivity contribution in [2.24, 2.45) is 0 Å². The SMILES string of the molecule is B.Br.Br.Br.CCCCCCC. The summed E-state index contributed by atoms with van der Waals surface area (Å²) in [5.74, 6) is 0. The molecule has 0 aromatic rings. The molecule has 0 atom stereocenters. The Bertz CT molecular complexity index is 32.9. The van der Waals surface area contributed by atoms with Crippen LogP contribution in [0.4, 0.5) is 0 Å². The molecule has 0 rings (SSSR count). The normalized spacial score (nSPS) is 6.00. The summed E-state index contributed by atoms with van der Waals surface area (Å²) in [6.07, 6.45) is 7.01. The van der Waals surface area contributed by atoms with Gasteiger partial charge in [-0.05, 0) is 0 Å². The van der Waals surface area contributed by atoms with E-state index in [-0.39, 0.29) is 59.4 Å². The standard InChI is InChI=1S/C7H16.BH3.3BrH/c1-3-5-7-6-4-2;;;;/h3-7H2,1-2H3;1H3;3*1H. The molecule has 0 fully saturated rings. The Kier molecular flexibility index (Phi) is 80.2. The molecule has 0 saturated heterocycles. The highest BCUT2D eigenvalue weighted by atomic mass is 79.9. The molecule has 0 aromatic carbocycles. The van der Waals surface area contributed by atoms with Crippen LogP contribution in [0.25, 0.3) is 0 Å². The number of unbranched alkanes of at least 4 members (excludes halogenated alkanes) is 4. The molecule has 0 saturated carbocycles. The smallest absolute Gasteiger partial charge is 0.0814 e. The third kappa shape index (κ3) is 34.3. The van der Waals surface area contributed by atoms with Crippen molar-refractivity contribution >= 4 is 59.4 Å². The Balaban J connectivity index is -0.0000000300. The Labute approximate surface area is 105 Å². The van der Waals surface area contributed by atoms with E-state index < -0.39 is 0 Å². The fraction of sp³-hybridized carbons (Fsp3) is 1.00. The fourth-order valence-corrected chi connectivity index (χ4v) is 0.677. The first kappa shape index (κ1) is 29.4. The molecule has 0 aliphatic rings. The van der Waals surface area contributed by atoms with Crippen LogP contribution in [0.3, 0.4) is 0 Å². The van der Waals surface area contributed by atoms with Crippen LogP contribution < -0.4 is 0 Å². The van der Waals surface area contributed by atoms with Gasteiger partial charge in [-0.2, -0.15) is 0 Å². The Morgan fingerprint density at radius 2 is 0.909 bits per heavy atom. The highest BCUT2D eigenvalue weighted by molar-refractivity contribution is 8.93. The van der Waals surface area contributed by atoms with Crippen LogP contribution in [0.15, 0.2) is 0 Å². The van der Waals surface area contributed by atoms with Gasteiger partial charge in [-0.25, -0.2) is 0 Å². The van der Waals surface area contributed by atoms with Crippen molar-refractivity contribution in [2.45, 2.75) is 46.0 Å². The van der Waals surface area contributed by atoms with Crippen LogP contribution in [-0.2, 0) is 0 Å². The number of rotatable bonds is 4. The molecule has 0 nitrogen and oxygen atoms in total. The minimum absolute atomic E-state index is 0. The van der Waals surface area contributed by atoms with E-state index in [0.717, 1.165) is 0 Å². The molecule has 74 valence electrons. The molecule has 0 radical (unpaired) electrons. The fourth-order valence-electron chi connectivity index (χ4n) is 0.677. The first-order chi connectivity index (χ1) is 3.41. The van der Waals surface area contributed by atoms with E-state index >= 15 is 0 Å². The molecular formula is C7H22BBr3. The van der Waals surface area contributed by atoms with Crippen molar-refractivity contribution in [3.63, 3.8) is 0 Å². The largest absolute Gasteiger partial charge is 0.114 e. The van der Waals surface area contributed by atoms with Crippen LogP contribution in [0.5, 0.6) is 0 Å². The van der Waals surface area contributed by atoms with Gasteiger partial charge >= 0.3 is 0 Å². The second kappa shape index (κ2) is 30.0. The van der Waals surface area contributed by atoms with Gasteiger partial charge in [-0.15, -0.1) is 50.9 Å². The minimum atomic E-state index is 0. The first-order valence-corrected chi connectivity index (χ1v) is 3.41. The molecule has 0 unspecified atom stereocenters. The molecular weight excluding hydrogens is 335 g/mol. The Hall–Kier alpha value is 1.50. The lowest BCUT2D eigenvalue weighted by molar-refractivity contribution is 0.656. The monoisotopic (exact) mass is 354 g/mol. The van der Waals surface area contributed by atoms with Gasteiger partial charge in [0.2, 0.25) is 0 Å². The summed E-state index contributed by atoms with van der Waals surface area (Å²) in [5, 5.41) is 0. The molecule has 0 heterocycles. The molecule has 4 heteroatoms. The van der Waals surface area contributed by atoms with Crippen molar-refractivity contribution in [1.29, 1.82) is 0 Å². The Morgan fingerprint density at radius 1 is 0.636 bits per heavy atom. The van der Waals surface area contributed by atoms with Crippen LogP contribution >= 0.6 is 50.9 Å². The second-order valence-electron chi connectivity index (χ2n) is 2.06. The van der Waals surface area contributed by atoms with Gasteiger partial charge in [0, 0.05) is 0 Å². The molecule has 0 aliphatic carbocycles. The lowest BCUT2D eigenvalue weighted by Gasteiger charge is -1.90. The van der Waals surface area contributed by atoms with E-state index in [1.54, 1.807) is 0 Å². The van der Waals surface area contributed by atoms with Gasteiger partial charge in [-0.3, -0.25) is 0 Å². The van der Waals surface area contributed by atoms with E-state index in [1.165, 1.54) is 32.1 Å². The van der Waals surface area contributed by atoms with Gasteiger partial charge in [0.05, 0.1) is 8.41 Å². The van der Waals surface area contributed by atoms with E-state index in [2.05, 4.69) is 13.8 Å². The van der Waals surface area contributed by atoms with Crippen molar-refractivity contribution < 1.29 is 0 Å².